The van der Waals surface area contributed by atoms with E-state index in [1.807, 2.05) is 0 Å². The van der Waals surface area contributed by atoms with Crippen LogP contribution in [0.2, 0.25) is 0 Å². The van der Waals surface area contributed by atoms with Gasteiger partial charge in [0.2, 0.25) is 0 Å². The smallest absolute Gasteiger partial charge is 0.418 e. The van der Waals surface area contributed by atoms with E-state index in [1.165, 1.54) is 0 Å². The van der Waals surface area contributed by atoms with Crippen molar-refractivity contribution >= 4 is 21.9 Å². The van der Waals surface area contributed by atoms with Gasteiger partial charge in [0.15, 0.2) is 0 Å². The SMILES string of the molecule is O=C1CCCCC(=O)O[SiH2]OO1. The summed E-state index contributed by atoms with van der Waals surface area (Å²) in [5, 5.41) is 0. The van der Waals surface area contributed by atoms with Crippen LogP contribution in [0.5, 0.6) is 0 Å². The Kier molecular flexibility index (Phi) is 3.75. The zero-order chi connectivity index (χ0) is 8.81. The molecule has 68 valence electrons. The molecule has 0 aromatic rings. The van der Waals surface area contributed by atoms with E-state index in [1.54, 1.807) is 0 Å². The van der Waals surface area contributed by atoms with E-state index >= 15 is 0 Å². The van der Waals surface area contributed by atoms with E-state index < -0.39 is 10.0 Å². The maximum Gasteiger partial charge on any atom is 0.418 e. The molecule has 6 heteroatoms. The summed E-state index contributed by atoms with van der Waals surface area (Å²) in [6, 6.07) is 0. The number of carbonyl (C=O) groups excluding carboxylic acids is 2. The minimum absolute atomic E-state index is 0.264. The lowest BCUT2D eigenvalue weighted by molar-refractivity contribution is -0.221. The molecule has 5 nitrogen and oxygen atoms in total. The molecule has 12 heavy (non-hydrogen) atoms. The highest BCUT2D eigenvalue weighted by Gasteiger charge is 2.10. The van der Waals surface area contributed by atoms with Gasteiger partial charge in [-0.25, -0.2) is 4.79 Å². The number of carbonyl (C=O) groups is 2. The Morgan fingerprint density at radius 2 is 1.75 bits per heavy atom. The lowest BCUT2D eigenvalue weighted by Gasteiger charge is -2.07. The first-order chi connectivity index (χ1) is 5.79. The second-order valence-corrected chi connectivity index (χ2v) is 3.17. The Hall–Kier alpha value is -0.883. The Morgan fingerprint density at radius 3 is 2.50 bits per heavy atom. The lowest BCUT2D eigenvalue weighted by atomic mass is 10.2. The van der Waals surface area contributed by atoms with Crippen LogP contribution in [0.4, 0.5) is 0 Å². The van der Waals surface area contributed by atoms with Crippen molar-refractivity contribution < 1.29 is 23.5 Å². The van der Waals surface area contributed by atoms with E-state index in [2.05, 4.69) is 13.9 Å². The molecule has 1 heterocycles. The molecule has 0 N–H and O–H groups in total. The van der Waals surface area contributed by atoms with Gasteiger partial charge in [0.25, 0.3) is 5.97 Å². The highest BCUT2D eigenvalue weighted by molar-refractivity contribution is 6.22. The van der Waals surface area contributed by atoms with Crippen LogP contribution in [0.15, 0.2) is 0 Å². The van der Waals surface area contributed by atoms with Crippen molar-refractivity contribution in [2.75, 3.05) is 0 Å². The molecule has 0 amide bonds. The first kappa shape index (κ1) is 9.21. The third-order valence-corrected chi connectivity index (χ3v) is 2.09. The van der Waals surface area contributed by atoms with Crippen LogP contribution < -0.4 is 0 Å². The summed E-state index contributed by atoms with van der Waals surface area (Å²) in [4.78, 5) is 25.8. The predicted octanol–water partition coefficient (Wildman–Crippen LogP) is -0.423. The fraction of sp³-hybridized carbons (Fsp3) is 0.667. The van der Waals surface area contributed by atoms with Crippen molar-refractivity contribution in [3.05, 3.63) is 0 Å². The van der Waals surface area contributed by atoms with Crippen molar-refractivity contribution in [3.8, 4) is 0 Å². The van der Waals surface area contributed by atoms with Gasteiger partial charge in [0.1, 0.15) is 0 Å². The molecule has 1 saturated heterocycles. The summed E-state index contributed by atoms with van der Waals surface area (Å²) >= 11 is 0. The average molecular weight is 190 g/mol. The van der Waals surface area contributed by atoms with Crippen LogP contribution in [-0.4, -0.2) is 21.9 Å². The second kappa shape index (κ2) is 4.89. The van der Waals surface area contributed by atoms with Gasteiger partial charge in [-0.3, -0.25) is 4.79 Å². The van der Waals surface area contributed by atoms with Crippen molar-refractivity contribution in [3.63, 3.8) is 0 Å². The third kappa shape index (κ3) is 3.49. The van der Waals surface area contributed by atoms with Gasteiger partial charge in [-0.2, -0.15) is 4.58 Å². The minimum Gasteiger partial charge on any atom is -0.496 e. The zero-order valence-corrected chi connectivity index (χ0v) is 7.99. The Balaban J connectivity index is 2.29. The predicted molar refractivity (Wildman–Crippen MR) is 40.3 cm³/mol. The van der Waals surface area contributed by atoms with Crippen LogP contribution in [-0.2, 0) is 23.5 Å². The summed E-state index contributed by atoms with van der Waals surface area (Å²) in [6.07, 6.45) is 1.98. The van der Waals surface area contributed by atoms with E-state index in [4.69, 9.17) is 0 Å². The van der Waals surface area contributed by atoms with Gasteiger partial charge in [0, 0.05) is 12.8 Å². The molecular formula is C6H10O5Si. The standard InChI is InChI=1S/C6H10O5Si/c7-5-3-1-2-4-6(8)10-12-11-9-5/h1-4,12H2. The number of hydrogen-bond donors (Lipinski definition) is 0. The largest absolute Gasteiger partial charge is 0.496 e. The summed E-state index contributed by atoms with van der Waals surface area (Å²) in [5.74, 6) is -0.653. The fourth-order valence-corrected chi connectivity index (χ4v) is 1.34. The van der Waals surface area contributed by atoms with Crippen molar-refractivity contribution in [2.24, 2.45) is 0 Å². The molecular weight excluding hydrogens is 180 g/mol. The maximum absolute atomic E-state index is 10.8. The third-order valence-electron chi connectivity index (χ3n) is 1.43. The monoisotopic (exact) mass is 190 g/mol. The molecule has 0 bridgehead atoms. The van der Waals surface area contributed by atoms with Crippen molar-refractivity contribution in [2.45, 2.75) is 25.7 Å². The summed E-state index contributed by atoms with van der Waals surface area (Å²) in [7, 11) is -1.46. The molecule has 0 aromatic carbocycles. The molecule has 0 spiro atoms. The van der Waals surface area contributed by atoms with E-state index in [-0.39, 0.29) is 11.9 Å². The van der Waals surface area contributed by atoms with Crippen LogP contribution in [0, 0.1) is 0 Å². The number of hydrogen-bond acceptors (Lipinski definition) is 5. The second-order valence-electron chi connectivity index (χ2n) is 2.41. The fourth-order valence-electron chi connectivity index (χ4n) is 0.832. The van der Waals surface area contributed by atoms with Gasteiger partial charge in [-0.05, 0) is 12.8 Å². The Bertz CT molecular complexity index is 145. The van der Waals surface area contributed by atoms with Crippen LogP contribution in [0.3, 0.4) is 0 Å². The van der Waals surface area contributed by atoms with Crippen LogP contribution in [0.25, 0.3) is 0 Å². The van der Waals surface area contributed by atoms with Gasteiger partial charge >= 0.3 is 16.0 Å². The highest BCUT2D eigenvalue weighted by atomic mass is 28.3. The Morgan fingerprint density at radius 1 is 1.08 bits per heavy atom. The van der Waals surface area contributed by atoms with Gasteiger partial charge in [-0.15, -0.1) is 0 Å². The molecule has 0 saturated carbocycles. The van der Waals surface area contributed by atoms with Crippen LogP contribution in [0.1, 0.15) is 25.7 Å². The molecule has 0 radical (unpaired) electrons. The van der Waals surface area contributed by atoms with E-state index in [9.17, 15) is 9.59 Å². The molecule has 1 aliphatic rings. The Labute approximate surface area is 72.0 Å². The molecule has 0 unspecified atom stereocenters. The van der Waals surface area contributed by atoms with Gasteiger partial charge in [-0.1, -0.05) is 0 Å². The lowest BCUT2D eigenvalue weighted by Crippen LogP contribution is -2.16. The minimum atomic E-state index is -1.46. The first-order valence-electron chi connectivity index (χ1n) is 3.77. The molecule has 1 fully saturated rings. The topological polar surface area (TPSA) is 61.8 Å². The van der Waals surface area contributed by atoms with Gasteiger partial charge < -0.3 is 9.31 Å². The zero-order valence-electron chi connectivity index (χ0n) is 6.58. The highest BCUT2D eigenvalue weighted by Crippen LogP contribution is 2.04. The van der Waals surface area contributed by atoms with Crippen molar-refractivity contribution in [1.29, 1.82) is 0 Å². The van der Waals surface area contributed by atoms with Crippen molar-refractivity contribution in [1.82, 2.24) is 0 Å². The molecule has 0 aromatic heterocycles. The average Bonchev–Trinajstić information content (AvgIpc) is 2.06. The molecule has 1 aliphatic heterocycles. The van der Waals surface area contributed by atoms with E-state index in [0.29, 0.717) is 25.7 Å². The maximum atomic E-state index is 10.8. The van der Waals surface area contributed by atoms with Gasteiger partial charge in [0.05, 0.1) is 0 Å². The summed E-state index contributed by atoms with van der Waals surface area (Å²) in [6.45, 7) is 0. The molecule has 1 rings (SSSR count). The quantitative estimate of drug-likeness (QED) is 0.383. The van der Waals surface area contributed by atoms with Crippen LogP contribution >= 0.6 is 0 Å². The van der Waals surface area contributed by atoms with E-state index in [0.717, 1.165) is 0 Å². The number of rotatable bonds is 0. The molecule has 0 aliphatic carbocycles. The molecule has 0 atom stereocenters. The normalized spacial score (nSPS) is 23.0. The summed E-state index contributed by atoms with van der Waals surface area (Å²) < 4.78 is 9.11. The first-order valence-corrected chi connectivity index (χ1v) is 4.92. The summed E-state index contributed by atoms with van der Waals surface area (Å²) in [5.41, 5.74) is 0.